The molecule has 4 nitrogen and oxygen atoms in total. The molecule has 0 saturated carbocycles. The number of hydrogen-bond acceptors (Lipinski definition) is 3. The topological polar surface area (TPSA) is 54.0 Å². The van der Waals surface area contributed by atoms with E-state index in [-0.39, 0.29) is 11.9 Å². The highest BCUT2D eigenvalue weighted by Crippen LogP contribution is 2.10. The van der Waals surface area contributed by atoms with Crippen molar-refractivity contribution in [3.8, 4) is 0 Å². The molecule has 0 radical (unpaired) electrons. The number of amides is 1. The molecule has 0 fully saturated rings. The van der Waals surface area contributed by atoms with E-state index >= 15 is 0 Å². The fraction of sp³-hybridized carbons (Fsp3) is 0.500. The van der Waals surface area contributed by atoms with Crippen LogP contribution in [0.3, 0.4) is 0 Å². The van der Waals surface area contributed by atoms with Crippen molar-refractivity contribution in [2.75, 3.05) is 12.4 Å². The third-order valence-electron chi connectivity index (χ3n) is 2.18. The van der Waals surface area contributed by atoms with E-state index in [9.17, 15) is 4.79 Å². The average Bonchev–Trinajstić information content (AvgIpc) is 2.27. The van der Waals surface area contributed by atoms with E-state index in [4.69, 9.17) is 0 Å². The maximum atomic E-state index is 11.8. The summed E-state index contributed by atoms with van der Waals surface area (Å²) in [6.45, 7) is 5.91. The van der Waals surface area contributed by atoms with E-state index in [1.807, 2.05) is 26.8 Å². The Morgan fingerprint density at radius 1 is 1.44 bits per heavy atom. The van der Waals surface area contributed by atoms with E-state index in [1.54, 1.807) is 13.1 Å². The molecule has 0 aliphatic carbocycles. The van der Waals surface area contributed by atoms with E-state index in [0.29, 0.717) is 5.56 Å². The number of carbonyl (C=O) groups excluding carboxylic acids is 1. The standard InChI is InChI=1S/C12H19N3O/c1-5-10-6-9(7-11(13-4)15-10)12(16)14-8(2)3/h6-8H,5H2,1-4H3,(H,13,15)(H,14,16). The molecule has 4 heteroatoms. The second-order valence-electron chi connectivity index (χ2n) is 3.96. The number of nitrogens with one attached hydrogen (secondary N) is 2. The van der Waals surface area contributed by atoms with E-state index in [0.717, 1.165) is 17.9 Å². The Morgan fingerprint density at radius 2 is 2.12 bits per heavy atom. The first-order chi connectivity index (χ1) is 7.56. The fourth-order valence-electron chi connectivity index (χ4n) is 1.37. The Labute approximate surface area is 96.5 Å². The zero-order valence-electron chi connectivity index (χ0n) is 10.3. The summed E-state index contributed by atoms with van der Waals surface area (Å²) in [6, 6.07) is 3.74. The van der Waals surface area contributed by atoms with Crippen molar-refractivity contribution in [1.29, 1.82) is 0 Å². The van der Waals surface area contributed by atoms with Crippen LogP contribution in [0.5, 0.6) is 0 Å². The van der Waals surface area contributed by atoms with E-state index < -0.39 is 0 Å². The van der Waals surface area contributed by atoms with Gasteiger partial charge in [0.05, 0.1) is 0 Å². The van der Waals surface area contributed by atoms with Crippen LogP contribution in [0.25, 0.3) is 0 Å². The molecule has 0 atom stereocenters. The molecule has 1 amide bonds. The van der Waals surface area contributed by atoms with Gasteiger partial charge in [-0.15, -0.1) is 0 Å². The quantitative estimate of drug-likeness (QED) is 0.815. The minimum atomic E-state index is -0.0522. The number of carbonyl (C=O) groups is 1. The lowest BCUT2D eigenvalue weighted by molar-refractivity contribution is 0.0943. The SMILES string of the molecule is CCc1cc(C(=O)NC(C)C)cc(NC)n1. The Bertz CT molecular complexity index is 352. The Kier molecular flexibility index (Phi) is 4.28. The van der Waals surface area contributed by atoms with Crippen LogP contribution in [0.4, 0.5) is 5.82 Å². The summed E-state index contributed by atoms with van der Waals surface area (Å²) in [7, 11) is 1.80. The van der Waals surface area contributed by atoms with Crippen molar-refractivity contribution in [1.82, 2.24) is 10.3 Å². The number of aryl methyl sites for hydroxylation is 1. The molecule has 1 aromatic heterocycles. The van der Waals surface area contributed by atoms with Crippen LogP contribution in [0, 0.1) is 0 Å². The maximum absolute atomic E-state index is 11.8. The van der Waals surface area contributed by atoms with Crippen molar-refractivity contribution >= 4 is 11.7 Å². The van der Waals surface area contributed by atoms with Gasteiger partial charge < -0.3 is 10.6 Å². The van der Waals surface area contributed by atoms with Crippen molar-refractivity contribution in [2.24, 2.45) is 0 Å². The highest BCUT2D eigenvalue weighted by atomic mass is 16.1. The molecule has 0 spiro atoms. The van der Waals surface area contributed by atoms with Crippen molar-refractivity contribution < 1.29 is 4.79 Å². The first-order valence-corrected chi connectivity index (χ1v) is 5.56. The van der Waals surface area contributed by atoms with Gasteiger partial charge in [-0.25, -0.2) is 4.98 Å². The van der Waals surface area contributed by atoms with Gasteiger partial charge in [-0.3, -0.25) is 4.79 Å². The number of anilines is 1. The third-order valence-corrected chi connectivity index (χ3v) is 2.18. The Hall–Kier alpha value is -1.58. The fourth-order valence-corrected chi connectivity index (χ4v) is 1.37. The van der Waals surface area contributed by atoms with Gasteiger partial charge in [0.2, 0.25) is 0 Å². The average molecular weight is 221 g/mol. The number of nitrogens with zero attached hydrogens (tertiary/aromatic N) is 1. The van der Waals surface area contributed by atoms with Gasteiger partial charge in [-0.1, -0.05) is 6.92 Å². The molecule has 0 bridgehead atoms. The molecular formula is C12H19N3O. The monoisotopic (exact) mass is 221 g/mol. The molecule has 0 aliphatic heterocycles. The molecular weight excluding hydrogens is 202 g/mol. The summed E-state index contributed by atoms with van der Waals surface area (Å²) in [4.78, 5) is 16.2. The molecule has 0 unspecified atom stereocenters. The predicted octanol–water partition coefficient (Wildman–Crippen LogP) is 1.82. The molecule has 16 heavy (non-hydrogen) atoms. The zero-order valence-corrected chi connectivity index (χ0v) is 10.3. The predicted molar refractivity (Wildman–Crippen MR) is 65.8 cm³/mol. The molecule has 0 saturated heterocycles. The van der Waals surface area contributed by atoms with Crippen LogP contribution < -0.4 is 10.6 Å². The van der Waals surface area contributed by atoms with Gasteiger partial charge in [-0.2, -0.15) is 0 Å². The number of hydrogen-bond donors (Lipinski definition) is 2. The molecule has 1 rings (SSSR count). The summed E-state index contributed by atoms with van der Waals surface area (Å²) in [5.41, 5.74) is 1.57. The summed E-state index contributed by atoms with van der Waals surface area (Å²) < 4.78 is 0. The van der Waals surface area contributed by atoms with Crippen molar-refractivity contribution in [3.63, 3.8) is 0 Å². The second kappa shape index (κ2) is 5.49. The third kappa shape index (κ3) is 3.22. The molecule has 2 N–H and O–H groups in total. The van der Waals surface area contributed by atoms with Crippen LogP contribution in [-0.4, -0.2) is 24.0 Å². The summed E-state index contributed by atoms with van der Waals surface area (Å²) in [5, 5.41) is 5.83. The molecule has 1 aromatic rings. The van der Waals surface area contributed by atoms with E-state index in [2.05, 4.69) is 15.6 Å². The molecule has 0 aromatic carbocycles. The van der Waals surface area contributed by atoms with Crippen LogP contribution in [0.1, 0.15) is 36.8 Å². The highest BCUT2D eigenvalue weighted by molar-refractivity contribution is 5.95. The molecule has 88 valence electrons. The van der Waals surface area contributed by atoms with Crippen LogP contribution in [-0.2, 0) is 6.42 Å². The largest absolute Gasteiger partial charge is 0.373 e. The van der Waals surface area contributed by atoms with Gasteiger partial charge in [0.15, 0.2) is 0 Å². The molecule has 0 aliphatic rings. The van der Waals surface area contributed by atoms with Crippen molar-refractivity contribution in [2.45, 2.75) is 33.2 Å². The summed E-state index contributed by atoms with van der Waals surface area (Å²) in [5.74, 6) is 0.678. The zero-order chi connectivity index (χ0) is 12.1. The van der Waals surface area contributed by atoms with Crippen LogP contribution in [0.2, 0.25) is 0 Å². The number of rotatable bonds is 4. The molecule has 1 heterocycles. The van der Waals surface area contributed by atoms with Crippen LogP contribution >= 0.6 is 0 Å². The minimum absolute atomic E-state index is 0.0522. The number of pyridine rings is 1. The lowest BCUT2D eigenvalue weighted by atomic mass is 10.1. The first kappa shape index (κ1) is 12.5. The normalized spacial score (nSPS) is 10.3. The van der Waals surface area contributed by atoms with Gasteiger partial charge in [0, 0.05) is 24.3 Å². The number of aromatic nitrogens is 1. The van der Waals surface area contributed by atoms with E-state index in [1.165, 1.54) is 0 Å². The van der Waals surface area contributed by atoms with Gasteiger partial charge in [0.1, 0.15) is 5.82 Å². The lowest BCUT2D eigenvalue weighted by Gasteiger charge is -2.10. The summed E-state index contributed by atoms with van der Waals surface area (Å²) >= 11 is 0. The smallest absolute Gasteiger partial charge is 0.251 e. The Morgan fingerprint density at radius 3 is 2.62 bits per heavy atom. The summed E-state index contributed by atoms with van der Waals surface area (Å²) in [6.07, 6.45) is 0.817. The highest BCUT2D eigenvalue weighted by Gasteiger charge is 2.09. The van der Waals surface area contributed by atoms with Gasteiger partial charge in [-0.05, 0) is 32.4 Å². The van der Waals surface area contributed by atoms with Crippen LogP contribution in [0.15, 0.2) is 12.1 Å². The lowest BCUT2D eigenvalue weighted by Crippen LogP contribution is -2.30. The maximum Gasteiger partial charge on any atom is 0.251 e. The minimum Gasteiger partial charge on any atom is -0.373 e. The van der Waals surface area contributed by atoms with Gasteiger partial charge in [0.25, 0.3) is 5.91 Å². The van der Waals surface area contributed by atoms with Gasteiger partial charge >= 0.3 is 0 Å². The second-order valence-corrected chi connectivity index (χ2v) is 3.96. The first-order valence-electron chi connectivity index (χ1n) is 5.56. The van der Waals surface area contributed by atoms with Crippen molar-refractivity contribution in [3.05, 3.63) is 23.4 Å². The Balaban J connectivity index is 2.98.